The molecule has 1 aliphatic heterocycles. The summed E-state index contributed by atoms with van der Waals surface area (Å²) in [4.78, 5) is 24.2. The predicted octanol–water partition coefficient (Wildman–Crippen LogP) is 3.48. The molecular weight excluding hydrogens is 525 g/mol. The van der Waals surface area contributed by atoms with E-state index in [1.54, 1.807) is 30.1 Å². The average Bonchev–Trinajstić information content (AvgIpc) is 3.65. The first-order valence-corrected chi connectivity index (χ1v) is 13.5. The molecule has 1 aliphatic rings. The number of aliphatic hydroxyl groups excluding tert-OH is 1. The number of thiazole rings is 1. The average molecular weight is 556 g/mol. The molecule has 4 heterocycles. The van der Waals surface area contributed by atoms with Gasteiger partial charge in [0.05, 0.1) is 32.9 Å². The largest absolute Gasteiger partial charge is 0.491 e. The number of carbonyl (C=O) groups excluding carboxylic acids is 1. The maximum atomic E-state index is 13.4. The van der Waals surface area contributed by atoms with Crippen molar-refractivity contribution in [3.63, 3.8) is 0 Å². The molecule has 11 nitrogen and oxygen atoms in total. The molecule has 0 bridgehead atoms. The Bertz CT molecular complexity index is 1430. The summed E-state index contributed by atoms with van der Waals surface area (Å²) in [7, 11) is 1.56. The van der Waals surface area contributed by atoms with Gasteiger partial charge >= 0.3 is 0 Å². The van der Waals surface area contributed by atoms with E-state index >= 15 is 0 Å². The molecule has 0 spiro atoms. The van der Waals surface area contributed by atoms with Crippen LogP contribution in [0.2, 0.25) is 0 Å². The number of carbonyl (C=O) groups is 1. The van der Waals surface area contributed by atoms with E-state index in [9.17, 15) is 14.3 Å². The van der Waals surface area contributed by atoms with Crippen molar-refractivity contribution >= 4 is 39.4 Å². The third-order valence-corrected chi connectivity index (χ3v) is 7.39. The monoisotopic (exact) mass is 555 g/mol. The molecule has 1 amide bonds. The van der Waals surface area contributed by atoms with Crippen LogP contribution >= 0.6 is 11.3 Å². The first-order chi connectivity index (χ1) is 19.0. The molecule has 0 unspecified atom stereocenters. The van der Waals surface area contributed by atoms with E-state index in [4.69, 9.17) is 9.47 Å². The number of nitrogens with zero attached hydrogens (tertiary/aromatic N) is 5. The van der Waals surface area contributed by atoms with Crippen LogP contribution in [-0.4, -0.2) is 75.0 Å². The molecule has 206 valence electrons. The molecule has 3 aromatic heterocycles. The number of aromatic nitrogens is 4. The first-order valence-electron chi connectivity index (χ1n) is 12.7. The SMILES string of the molecule is COc1c(OCCCN2CCC[C@H]2CO)cn2ncnc(Nc3ncc(CC(=O)Nc4cccc(F)c4)s3)c12. The second-order valence-electron chi connectivity index (χ2n) is 9.14. The van der Waals surface area contributed by atoms with Crippen LogP contribution in [0.1, 0.15) is 24.1 Å². The first kappa shape index (κ1) is 26.8. The highest BCUT2D eigenvalue weighted by Gasteiger charge is 2.23. The fourth-order valence-corrected chi connectivity index (χ4v) is 5.49. The molecular formula is C26H30FN7O4S. The van der Waals surface area contributed by atoms with Crippen LogP contribution in [0, 0.1) is 5.82 Å². The second-order valence-corrected chi connectivity index (χ2v) is 10.3. The summed E-state index contributed by atoms with van der Waals surface area (Å²) in [5.41, 5.74) is 0.991. The van der Waals surface area contributed by atoms with Crippen molar-refractivity contribution in [2.24, 2.45) is 0 Å². The quantitative estimate of drug-likeness (QED) is 0.225. The van der Waals surface area contributed by atoms with Crippen molar-refractivity contribution < 1.29 is 23.8 Å². The Labute approximate surface area is 228 Å². The standard InChI is InChI=1S/C26H30FN7O4S/c1-37-24-21(38-10-4-9-33-8-3-7-19(33)15-35)14-34-23(24)25(29-16-30-34)32-26-28-13-20(39-26)12-22(36)31-18-6-2-5-17(27)11-18/h2,5-6,11,13-14,16,19,35H,3-4,7-10,12,15H2,1H3,(H,31,36)(H,28,29,30,32)/t19-/m0/s1. The van der Waals surface area contributed by atoms with Crippen molar-refractivity contribution in [3.05, 3.63) is 53.7 Å². The molecule has 5 rings (SSSR count). The number of aliphatic hydroxyl groups is 1. The van der Waals surface area contributed by atoms with E-state index in [0.29, 0.717) is 40.3 Å². The topological polar surface area (TPSA) is 126 Å². The number of halogens is 1. The van der Waals surface area contributed by atoms with Crippen LogP contribution in [0.3, 0.4) is 0 Å². The Hall–Kier alpha value is -3.81. The number of anilines is 3. The fourth-order valence-electron chi connectivity index (χ4n) is 4.68. The van der Waals surface area contributed by atoms with Gasteiger partial charge in [-0.3, -0.25) is 9.69 Å². The van der Waals surface area contributed by atoms with Gasteiger partial charge in [0, 0.05) is 29.3 Å². The summed E-state index contributed by atoms with van der Waals surface area (Å²) in [5.74, 6) is 0.839. The molecule has 0 aliphatic carbocycles. The smallest absolute Gasteiger partial charge is 0.229 e. The predicted molar refractivity (Wildman–Crippen MR) is 145 cm³/mol. The van der Waals surface area contributed by atoms with Gasteiger partial charge < -0.3 is 25.2 Å². The van der Waals surface area contributed by atoms with Gasteiger partial charge in [-0.15, -0.1) is 11.3 Å². The normalized spacial score (nSPS) is 15.5. The van der Waals surface area contributed by atoms with Gasteiger partial charge in [0.25, 0.3) is 0 Å². The Balaban J connectivity index is 1.22. The van der Waals surface area contributed by atoms with Gasteiger partial charge in [-0.25, -0.2) is 18.9 Å². The number of rotatable bonds is 12. The Morgan fingerprint density at radius 2 is 2.23 bits per heavy atom. The number of likely N-dealkylation sites (tertiary alicyclic amines) is 1. The maximum absolute atomic E-state index is 13.4. The summed E-state index contributed by atoms with van der Waals surface area (Å²) in [6, 6.07) is 6.00. The van der Waals surface area contributed by atoms with Crippen LogP contribution in [0.5, 0.6) is 11.5 Å². The van der Waals surface area contributed by atoms with Crippen molar-refractivity contribution in [3.8, 4) is 11.5 Å². The summed E-state index contributed by atoms with van der Waals surface area (Å²) in [5, 5.41) is 20.2. The lowest BCUT2D eigenvalue weighted by atomic mass is 10.2. The molecule has 1 fully saturated rings. The van der Waals surface area contributed by atoms with E-state index < -0.39 is 5.82 Å². The maximum Gasteiger partial charge on any atom is 0.229 e. The van der Waals surface area contributed by atoms with Crippen LogP contribution in [0.25, 0.3) is 5.52 Å². The Morgan fingerprint density at radius 3 is 3.05 bits per heavy atom. The van der Waals surface area contributed by atoms with Gasteiger partial charge in [0.15, 0.2) is 28.0 Å². The highest BCUT2D eigenvalue weighted by atomic mass is 32.1. The summed E-state index contributed by atoms with van der Waals surface area (Å²) in [6.07, 6.45) is 7.84. The lowest BCUT2D eigenvalue weighted by Gasteiger charge is -2.22. The van der Waals surface area contributed by atoms with Crippen LogP contribution in [0.15, 0.2) is 43.0 Å². The molecule has 0 radical (unpaired) electrons. The zero-order chi connectivity index (χ0) is 27.2. The minimum Gasteiger partial charge on any atom is -0.491 e. The molecule has 4 aromatic rings. The van der Waals surface area contributed by atoms with E-state index in [2.05, 4.69) is 30.6 Å². The summed E-state index contributed by atoms with van der Waals surface area (Å²) >= 11 is 1.31. The number of benzene rings is 1. The summed E-state index contributed by atoms with van der Waals surface area (Å²) < 4.78 is 26.7. The van der Waals surface area contributed by atoms with Gasteiger partial charge in [-0.2, -0.15) is 5.10 Å². The number of hydrogen-bond donors (Lipinski definition) is 3. The van der Waals surface area contributed by atoms with Gasteiger partial charge in [-0.05, 0) is 44.0 Å². The number of hydrogen-bond acceptors (Lipinski definition) is 10. The number of methoxy groups -OCH3 is 1. The highest BCUT2D eigenvalue weighted by molar-refractivity contribution is 7.15. The van der Waals surface area contributed by atoms with Crippen LogP contribution < -0.4 is 20.1 Å². The third kappa shape index (κ3) is 6.44. The molecule has 1 saturated heterocycles. The Morgan fingerprint density at radius 1 is 1.33 bits per heavy atom. The zero-order valence-electron chi connectivity index (χ0n) is 21.5. The van der Waals surface area contributed by atoms with E-state index in [0.717, 1.165) is 37.2 Å². The molecule has 1 aromatic carbocycles. The zero-order valence-corrected chi connectivity index (χ0v) is 22.3. The van der Waals surface area contributed by atoms with Gasteiger partial charge in [0.2, 0.25) is 5.91 Å². The molecule has 0 saturated carbocycles. The molecule has 13 heteroatoms. The Kier molecular flexibility index (Phi) is 8.49. The minimum atomic E-state index is -0.416. The molecule has 3 N–H and O–H groups in total. The number of amides is 1. The molecule has 1 atom stereocenters. The van der Waals surface area contributed by atoms with Crippen LogP contribution in [0.4, 0.5) is 21.0 Å². The third-order valence-electron chi connectivity index (χ3n) is 6.48. The van der Waals surface area contributed by atoms with Crippen molar-refractivity contribution in [1.29, 1.82) is 0 Å². The second kappa shape index (κ2) is 12.4. The minimum absolute atomic E-state index is 0.0952. The lowest BCUT2D eigenvalue weighted by Crippen LogP contribution is -2.33. The van der Waals surface area contributed by atoms with Crippen molar-refractivity contribution in [1.82, 2.24) is 24.5 Å². The van der Waals surface area contributed by atoms with Crippen molar-refractivity contribution in [2.45, 2.75) is 31.7 Å². The fraction of sp³-hybridized carbons (Fsp3) is 0.385. The van der Waals surface area contributed by atoms with Gasteiger partial charge in [0.1, 0.15) is 12.1 Å². The summed E-state index contributed by atoms with van der Waals surface area (Å²) in [6.45, 7) is 2.55. The van der Waals surface area contributed by atoms with E-state index in [1.165, 1.54) is 35.9 Å². The number of ether oxygens (including phenoxy) is 2. The number of nitrogens with one attached hydrogen (secondary N) is 2. The van der Waals surface area contributed by atoms with Gasteiger partial charge in [-0.1, -0.05) is 6.07 Å². The molecule has 39 heavy (non-hydrogen) atoms. The van der Waals surface area contributed by atoms with Crippen molar-refractivity contribution in [2.75, 3.05) is 44.0 Å². The van der Waals surface area contributed by atoms with E-state index in [1.807, 2.05) is 0 Å². The highest BCUT2D eigenvalue weighted by Crippen LogP contribution is 2.38. The lowest BCUT2D eigenvalue weighted by molar-refractivity contribution is -0.115. The number of fused-ring (bicyclic) bond motifs is 1. The van der Waals surface area contributed by atoms with Crippen LogP contribution in [-0.2, 0) is 11.2 Å². The van der Waals surface area contributed by atoms with E-state index in [-0.39, 0.29) is 25.0 Å².